The van der Waals surface area contributed by atoms with E-state index in [2.05, 4.69) is 5.32 Å². The van der Waals surface area contributed by atoms with Gasteiger partial charge >= 0.3 is 6.03 Å². The van der Waals surface area contributed by atoms with Gasteiger partial charge in [0.15, 0.2) is 0 Å². The molecule has 0 radical (unpaired) electrons. The smallest absolute Gasteiger partial charge is 0.325 e. The van der Waals surface area contributed by atoms with Crippen LogP contribution in [0.2, 0.25) is 0 Å². The van der Waals surface area contributed by atoms with Crippen molar-refractivity contribution in [3.63, 3.8) is 0 Å². The molecule has 0 saturated carbocycles. The average molecular weight is 448 g/mol. The summed E-state index contributed by atoms with van der Waals surface area (Å²) in [6.45, 7) is 4.99. The van der Waals surface area contributed by atoms with Gasteiger partial charge in [-0.1, -0.05) is 42.5 Å². The first kappa shape index (κ1) is 22.6. The van der Waals surface area contributed by atoms with Crippen LogP contribution in [0.15, 0.2) is 60.7 Å². The van der Waals surface area contributed by atoms with E-state index in [0.29, 0.717) is 32.5 Å². The zero-order valence-electron chi connectivity index (χ0n) is 19.0. The second-order valence-electron chi connectivity index (χ2n) is 8.78. The van der Waals surface area contributed by atoms with Crippen LogP contribution in [0.4, 0.5) is 4.79 Å². The van der Waals surface area contributed by atoms with E-state index < -0.39 is 5.54 Å². The van der Waals surface area contributed by atoms with Gasteiger partial charge < -0.3 is 15.0 Å². The van der Waals surface area contributed by atoms with Crippen LogP contribution in [0, 0.1) is 0 Å². The van der Waals surface area contributed by atoms with Gasteiger partial charge in [0, 0.05) is 25.2 Å². The zero-order valence-corrected chi connectivity index (χ0v) is 19.0. The molecule has 0 unspecified atom stereocenters. The Morgan fingerprint density at radius 1 is 1.06 bits per heavy atom. The Morgan fingerprint density at radius 2 is 1.73 bits per heavy atom. The number of urea groups is 1. The first-order valence-corrected chi connectivity index (χ1v) is 11.3. The van der Waals surface area contributed by atoms with Gasteiger partial charge in [-0.25, -0.2) is 4.79 Å². The molecule has 4 rings (SSSR count). The number of carbonyl (C=O) groups excluding carboxylic acids is 3. The first-order chi connectivity index (χ1) is 15.9. The number of rotatable bonds is 6. The number of imide groups is 1. The second-order valence-corrected chi connectivity index (χ2v) is 8.78. The SMILES string of the molecule is CC(C)N1C(=O)NC2(CCN(C(=O)/C=C/c3ccc(OCc4ccccc4)cc3)CC2)C1=O. The van der Waals surface area contributed by atoms with Crippen molar-refractivity contribution in [1.82, 2.24) is 15.1 Å². The summed E-state index contributed by atoms with van der Waals surface area (Å²) in [6, 6.07) is 17.0. The molecule has 7 nitrogen and oxygen atoms in total. The molecule has 4 amide bonds. The largest absolute Gasteiger partial charge is 0.489 e. The molecule has 2 aliphatic heterocycles. The van der Waals surface area contributed by atoms with Crippen LogP contribution in [0.3, 0.4) is 0 Å². The fourth-order valence-corrected chi connectivity index (χ4v) is 4.25. The highest BCUT2D eigenvalue weighted by molar-refractivity contribution is 6.07. The second kappa shape index (κ2) is 9.48. The standard InChI is InChI=1S/C26H29N3O4/c1-19(2)29-24(31)26(27-25(29)32)14-16-28(17-15-26)23(30)13-10-20-8-11-22(12-9-20)33-18-21-6-4-3-5-7-21/h3-13,19H,14-18H2,1-2H3,(H,27,32)/b13-10+. The van der Waals surface area contributed by atoms with E-state index in [1.807, 2.05) is 68.4 Å². The molecule has 0 bridgehead atoms. The number of likely N-dealkylation sites (tertiary alicyclic amines) is 1. The van der Waals surface area contributed by atoms with Gasteiger partial charge in [-0.3, -0.25) is 14.5 Å². The summed E-state index contributed by atoms with van der Waals surface area (Å²) >= 11 is 0. The number of ether oxygens (including phenoxy) is 1. The molecule has 2 fully saturated rings. The van der Waals surface area contributed by atoms with E-state index in [-0.39, 0.29) is 23.9 Å². The van der Waals surface area contributed by atoms with E-state index >= 15 is 0 Å². The monoisotopic (exact) mass is 447 g/mol. The Balaban J connectivity index is 1.29. The fourth-order valence-electron chi connectivity index (χ4n) is 4.25. The number of hydrogen-bond donors (Lipinski definition) is 1. The quantitative estimate of drug-likeness (QED) is 0.542. The Bertz CT molecular complexity index is 1040. The number of benzene rings is 2. The molecule has 0 atom stereocenters. The molecule has 1 N–H and O–H groups in total. The van der Waals surface area contributed by atoms with E-state index in [4.69, 9.17) is 4.74 Å². The van der Waals surface area contributed by atoms with Crippen molar-refractivity contribution in [3.05, 3.63) is 71.8 Å². The summed E-state index contributed by atoms with van der Waals surface area (Å²) in [5.41, 5.74) is 1.12. The van der Waals surface area contributed by atoms with Crippen molar-refractivity contribution >= 4 is 23.9 Å². The summed E-state index contributed by atoms with van der Waals surface area (Å²) in [5, 5.41) is 2.86. The number of piperidine rings is 1. The summed E-state index contributed by atoms with van der Waals surface area (Å²) in [5.74, 6) is 0.480. The minimum Gasteiger partial charge on any atom is -0.489 e. The Labute approximate surface area is 194 Å². The molecule has 2 saturated heterocycles. The van der Waals surface area contributed by atoms with Crippen molar-refractivity contribution in [3.8, 4) is 5.75 Å². The van der Waals surface area contributed by atoms with Gasteiger partial charge in [0.25, 0.3) is 5.91 Å². The van der Waals surface area contributed by atoms with Crippen LogP contribution in [0.25, 0.3) is 6.08 Å². The third-order valence-electron chi connectivity index (χ3n) is 6.19. The lowest BCUT2D eigenvalue weighted by Crippen LogP contribution is -2.55. The summed E-state index contributed by atoms with van der Waals surface area (Å²) in [6.07, 6.45) is 4.17. The van der Waals surface area contributed by atoms with Crippen LogP contribution in [-0.2, 0) is 16.2 Å². The Morgan fingerprint density at radius 3 is 2.33 bits per heavy atom. The Hall–Kier alpha value is -3.61. The summed E-state index contributed by atoms with van der Waals surface area (Å²) in [7, 11) is 0. The molecule has 2 heterocycles. The lowest BCUT2D eigenvalue weighted by Gasteiger charge is -2.37. The lowest BCUT2D eigenvalue weighted by atomic mass is 9.87. The Kier molecular flexibility index (Phi) is 6.49. The molecular formula is C26H29N3O4. The maximum Gasteiger partial charge on any atom is 0.325 e. The van der Waals surface area contributed by atoms with Crippen molar-refractivity contribution in [2.45, 2.75) is 44.9 Å². The maximum absolute atomic E-state index is 12.8. The molecule has 1 spiro atoms. The van der Waals surface area contributed by atoms with Crippen molar-refractivity contribution in [2.24, 2.45) is 0 Å². The highest BCUT2D eigenvalue weighted by atomic mass is 16.5. The topological polar surface area (TPSA) is 79.0 Å². The van der Waals surface area contributed by atoms with Crippen molar-refractivity contribution < 1.29 is 19.1 Å². The van der Waals surface area contributed by atoms with Gasteiger partial charge in [-0.15, -0.1) is 0 Å². The predicted octanol–water partition coefficient (Wildman–Crippen LogP) is 3.60. The van der Waals surface area contributed by atoms with Gasteiger partial charge in [-0.2, -0.15) is 0 Å². The van der Waals surface area contributed by atoms with Crippen molar-refractivity contribution in [2.75, 3.05) is 13.1 Å². The van der Waals surface area contributed by atoms with Gasteiger partial charge in [0.2, 0.25) is 5.91 Å². The lowest BCUT2D eigenvalue weighted by molar-refractivity contribution is -0.137. The van der Waals surface area contributed by atoms with Crippen LogP contribution in [0.1, 0.15) is 37.8 Å². The summed E-state index contributed by atoms with van der Waals surface area (Å²) in [4.78, 5) is 40.6. The van der Waals surface area contributed by atoms with E-state index in [1.165, 1.54) is 4.90 Å². The normalized spacial score (nSPS) is 17.8. The first-order valence-electron chi connectivity index (χ1n) is 11.3. The molecular weight excluding hydrogens is 418 g/mol. The van der Waals surface area contributed by atoms with Crippen LogP contribution < -0.4 is 10.1 Å². The van der Waals surface area contributed by atoms with Crippen LogP contribution in [-0.4, -0.2) is 52.3 Å². The molecule has 2 aromatic carbocycles. The number of nitrogens with one attached hydrogen (secondary N) is 1. The minimum atomic E-state index is -0.878. The molecule has 2 aromatic rings. The molecule has 0 aromatic heterocycles. The predicted molar refractivity (Wildman–Crippen MR) is 125 cm³/mol. The number of hydrogen-bond acceptors (Lipinski definition) is 4. The number of amides is 4. The maximum atomic E-state index is 12.8. The highest BCUT2D eigenvalue weighted by Gasteiger charge is 2.53. The zero-order chi connectivity index (χ0) is 23.4. The number of carbonyl (C=O) groups is 3. The molecule has 2 aliphatic rings. The molecule has 0 aliphatic carbocycles. The van der Waals surface area contributed by atoms with Crippen LogP contribution in [0.5, 0.6) is 5.75 Å². The fraction of sp³-hybridized carbons (Fsp3) is 0.346. The van der Waals surface area contributed by atoms with Gasteiger partial charge in [-0.05, 0) is 56.0 Å². The van der Waals surface area contributed by atoms with E-state index in [9.17, 15) is 14.4 Å². The highest BCUT2D eigenvalue weighted by Crippen LogP contribution is 2.30. The molecule has 33 heavy (non-hydrogen) atoms. The summed E-state index contributed by atoms with van der Waals surface area (Å²) < 4.78 is 5.79. The third-order valence-corrected chi connectivity index (χ3v) is 6.19. The van der Waals surface area contributed by atoms with Crippen molar-refractivity contribution in [1.29, 1.82) is 0 Å². The third kappa shape index (κ3) is 4.92. The minimum absolute atomic E-state index is 0.105. The van der Waals surface area contributed by atoms with Gasteiger partial charge in [0.1, 0.15) is 17.9 Å². The van der Waals surface area contributed by atoms with E-state index in [0.717, 1.165) is 16.9 Å². The molecule has 7 heteroatoms. The number of nitrogens with zero attached hydrogens (tertiary/aromatic N) is 2. The van der Waals surface area contributed by atoms with E-state index in [1.54, 1.807) is 17.1 Å². The van der Waals surface area contributed by atoms with Crippen LogP contribution >= 0.6 is 0 Å². The average Bonchev–Trinajstić information content (AvgIpc) is 3.06. The van der Waals surface area contributed by atoms with Gasteiger partial charge in [0.05, 0.1) is 0 Å². The molecule has 172 valence electrons.